The van der Waals surface area contributed by atoms with E-state index in [1.54, 1.807) is 17.4 Å². The Labute approximate surface area is 130 Å². The quantitative estimate of drug-likeness (QED) is 0.790. The van der Waals surface area contributed by atoms with E-state index in [-0.39, 0.29) is 11.8 Å². The summed E-state index contributed by atoms with van der Waals surface area (Å²) in [6.45, 7) is 4.37. The van der Waals surface area contributed by atoms with E-state index in [2.05, 4.69) is 18.7 Å². The third-order valence-electron chi connectivity index (χ3n) is 4.26. The third kappa shape index (κ3) is 3.10. The molecule has 112 valence electrons. The third-order valence-corrected chi connectivity index (χ3v) is 5.44. The number of thiazole rings is 1. The highest BCUT2D eigenvalue weighted by Crippen LogP contribution is 2.33. The van der Waals surface area contributed by atoms with E-state index in [4.69, 9.17) is 4.98 Å². The van der Waals surface area contributed by atoms with Crippen molar-refractivity contribution < 1.29 is 4.79 Å². The van der Waals surface area contributed by atoms with Gasteiger partial charge in [-0.2, -0.15) is 0 Å². The summed E-state index contributed by atoms with van der Waals surface area (Å²) >= 11 is 1.70. The van der Waals surface area contributed by atoms with Crippen molar-refractivity contribution in [1.29, 1.82) is 0 Å². The second-order valence-corrected chi connectivity index (χ2v) is 6.85. The van der Waals surface area contributed by atoms with Gasteiger partial charge in [-0.05, 0) is 44.9 Å². The topological polar surface area (TPSA) is 33.2 Å². The van der Waals surface area contributed by atoms with Crippen LogP contribution in [-0.2, 0) is 17.6 Å². The molecule has 0 saturated heterocycles. The Bertz CT molecular complexity index is 538. The molecule has 0 spiro atoms. The molecule has 0 fully saturated rings. The highest BCUT2D eigenvalue weighted by atomic mass is 32.1. The highest BCUT2D eigenvalue weighted by molar-refractivity contribution is 7.16. The van der Waals surface area contributed by atoms with Gasteiger partial charge in [-0.25, -0.2) is 4.98 Å². The molecule has 4 heteroatoms. The van der Waals surface area contributed by atoms with Gasteiger partial charge in [0.1, 0.15) is 0 Å². The van der Waals surface area contributed by atoms with E-state index in [0.29, 0.717) is 6.54 Å². The van der Waals surface area contributed by atoms with Crippen molar-refractivity contribution in [2.24, 2.45) is 5.92 Å². The first-order valence-corrected chi connectivity index (χ1v) is 8.67. The number of anilines is 1. The van der Waals surface area contributed by atoms with Gasteiger partial charge in [0.2, 0.25) is 5.91 Å². The van der Waals surface area contributed by atoms with Gasteiger partial charge >= 0.3 is 0 Å². The molecular formula is C17H22N2OS. The minimum absolute atomic E-state index is 0.107. The summed E-state index contributed by atoms with van der Waals surface area (Å²) in [5, 5.41) is 0.876. The van der Waals surface area contributed by atoms with Crippen molar-refractivity contribution in [2.75, 3.05) is 11.4 Å². The summed E-state index contributed by atoms with van der Waals surface area (Å²) in [7, 11) is 0. The van der Waals surface area contributed by atoms with Crippen LogP contribution in [0.1, 0.15) is 42.7 Å². The van der Waals surface area contributed by atoms with E-state index in [0.717, 1.165) is 37.2 Å². The molecule has 2 aliphatic carbocycles. The van der Waals surface area contributed by atoms with Crippen LogP contribution in [0.5, 0.6) is 0 Å². The number of aryl methyl sites for hydroxylation is 2. The van der Waals surface area contributed by atoms with Crippen LogP contribution in [0.3, 0.4) is 0 Å². The van der Waals surface area contributed by atoms with Crippen LogP contribution in [0.25, 0.3) is 0 Å². The summed E-state index contributed by atoms with van der Waals surface area (Å²) in [5.41, 5.74) is 1.21. The van der Waals surface area contributed by atoms with Gasteiger partial charge in [0, 0.05) is 17.3 Å². The predicted molar refractivity (Wildman–Crippen MR) is 87.8 cm³/mol. The molecule has 1 atom stereocenters. The number of allylic oxidation sites excluding steroid dienone is 2. The first-order valence-electron chi connectivity index (χ1n) is 7.85. The number of aromatic nitrogens is 1. The summed E-state index contributed by atoms with van der Waals surface area (Å²) in [4.78, 5) is 20.8. The fraction of sp³-hybridized carbons (Fsp3) is 0.529. The van der Waals surface area contributed by atoms with Crippen LogP contribution >= 0.6 is 11.3 Å². The molecule has 3 nitrogen and oxygen atoms in total. The van der Waals surface area contributed by atoms with Crippen LogP contribution < -0.4 is 4.90 Å². The van der Waals surface area contributed by atoms with Gasteiger partial charge in [0.05, 0.1) is 5.69 Å². The van der Waals surface area contributed by atoms with Gasteiger partial charge in [-0.3, -0.25) is 9.69 Å². The zero-order valence-corrected chi connectivity index (χ0v) is 13.2. The Morgan fingerprint density at radius 2 is 2.29 bits per heavy atom. The Kier molecular flexibility index (Phi) is 4.54. The molecule has 1 heterocycles. The average Bonchev–Trinajstić information content (AvgIpc) is 2.96. The number of rotatable bonds is 4. The lowest BCUT2D eigenvalue weighted by atomic mass is 9.93. The van der Waals surface area contributed by atoms with Crippen molar-refractivity contribution in [1.82, 2.24) is 4.98 Å². The second-order valence-electron chi connectivity index (χ2n) is 5.79. The van der Waals surface area contributed by atoms with Crippen molar-refractivity contribution in [3.05, 3.63) is 35.4 Å². The minimum Gasteiger partial charge on any atom is -0.284 e. The Morgan fingerprint density at radius 3 is 3.00 bits per heavy atom. The molecule has 0 radical (unpaired) electrons. The predicted octanol–water partition coefficient (Wildman–Crippen LogP) is 3.90. The first kappa shape index (κ1) is 14.5. The summed E-state index contributed by atoms with van der Waals surface area (Å²) in [6, 6.07) is 0. The number of hydrogen-bond acceptors (Lipinski definition) is 3. The largest absolute Gasteiger partial charge is 0.284 e. The van der Waals surface area contributed by atoms with Crippen molar-refractivity contribution in [3.63, 3.8) is 0 Å². The summed E-state index contributed by atoms with van der Waals surface area (Å²) in [6.07, 6.45) is 13.6. The number of carbonyl (C=O) groups is 1. The fourth-order valence-electron chi connectivity index (χ4n) is 3.08. The van der Waals surface area contributed by atoms with Crippen molar-refractivity contribution in [3.8, 4) is 0 Å². The zero-order chi connectivity index (χ0) is 14.7. The average molecular weight is 302 g/mol. The number of carbonyl (C=O) groups excluding carboxylic acids is 1. The second kappa shape index (κ2) is 6.56. The van der Waals surface area contributed by atoms with E-state index in [1.807, 2.05) is 4.90 Å². The maximum absolute atomic E-state index is 12.8. The fourth-order valence-corrected chi connectivity index (χ4v) is 4.25. The van der Waals surface area contributed by atoms with Gasteiger partial charge in [0.15, 0.2) is 5.13 Å². The van der Waals surface area contributed by atoms with E-state index in [1.165, 1.54) is 23.4 Å². The molecular weight excluding hydrogens is 280 g/mol. The van der Waals surface area contributed by atoms with E-state index in [9.17, 15) is 4.79 Å². The van der Waals surface area contributed by atoms with Crippen molar-refractivity contribution in [2.45, 2.75) is 44.9 Å². The van der Waals surface area contributed by atoms with Gasteiger partial charge in [0.25, 0.3) is 0 Å². The molecule has 0 N–H and O–H groups in total. The number of nitrogens with zero attached hydrogens (tertiary/aromatic N) is 2. The Morgan fingerprint density at radius 1 is 1.43 bits per heavy atom. The van der Waals surface area contributed by atoms with Crippen LogP contribution in [0, 0.1) is 5.92 Å². The summed E-state index contributed by atoms with van der Waals surface area (Å²) < 4.78 is 0. The van der Waals surface area contributed by atoms with Crippen molar-refractivity contribution >= 4 is 22.4 Å². The SMILES string of the molecule is C=CCN(C(=O)C1CC=CCC1)c1nc2c(s1)CCCC2. The maximum Gasteiger partial charge on any atom is 0.232 e. The highest BCUT2D eigenvalue weighted by Gasteiger charge is 2.28. The molecule has 0 aromatic carbocycles. The zero-order valence-electron chi connectivity index (χ0n) is 12.4. The molecule has 1 unspecified atom stereocenters. The molecule has 0 saturated carbocycles. The smallest absolute Gasteiger partial charge is 0.232 e. The number of hydrogen-bond donors (Lipinski definition) is 0. The molecule has 0 aliphatic heterocycles. The molecule has 1 aromatic rings. The molecule has 0 bridgehead atoms. The maximum atomic E-state index is 12.8. The molecule has 2 aliphatic rings. The standard InChI is InChI=1S/C17H22N2OS/c1-2-12-19(16(20)13-8-4-3-5-9-13)17-18-14-10-6-7-11-15(14)21-17/h2-4,13H,1,5-12H2. The molecule has 1 aromatic heterocycles. The lowest BCUT2D eigenvalue weighted by Crippen LogP contribution is -2.36. The Hall–Kier alpha value is -1.42. The number of amides is 1. The first-order chi connectivity index (χ1) is 10.3. The minimum atomic E-state index is 0.107. The Balaban J connectivity index is 1.83. The summed E-state index contributed by atoms with van der Waals surface area (Å²) in [5.74, 6) is 0.321. The van der Waals surface area contributed by atoms with Crippen LogP contribution in [0.15, 0.2) is 24.8 Å². The molecule has 3 rings (SSSR count). The van der Waals surface area contributed by atoms with Gasteiger partial charge < -0.3 is 0 Å². The van der Waals surface area contributed by atoms with Crippen LogP contribution in [0.2, 0.25) is 0 Å². The monoisotopic (exact) mass is 302 g/mol. The van der Waals surface area contributed by atoms with E-state index >= 15 is 0 Å². The van der Waals surface area contributed by atoms with E-state index < -0.39 is 0 Å². The van der Waals surface area contributed by atoms with Gasteiger partial charge in [-0.15, -0.1) is 17.9 Å². The molecule has 21 heavy (non-hydrogen) atoms. The van der Waals surface area contributed by atoms with Crippen LogP contribution in [-0.4, -0.2) is 17.4 Å². The normalized spacial score (nSPS) is 20.9. The van der Waals surface area contributed by atoms with Gasteiger partial charge in [-0.1, -0.05) is 18.2 Å². The lowest BCUT2D eigenvalue weighted by Gasteiger charge is -2.25. The van der Waals surface area contributed by atoms with Crippen LogP contribution in [0.4, 0.5) is 5.13 Å². The lowest BCUT2D eigenvalue weighted by molar-refractivity contribution is -0.122. The molecule has 1 amide bonds. The number of fused-ring (bicyclic) bond motifs is 1.